The number of aryl methyl sites for hydroxylation is 2. The first kappa shape index (κ1) is 12.5. The second kappa shape index (κ2) is 4.54. The minimum atomic E-state index is 0.122. The molecule has 0 fully saturated rings. The molecule has 0 spiro atoms. The lowest BCUT2D eigenvalue weighted by atomic mass is 9.81. The van der Waals surface area contributed by atoms with Crippen LogP contribution in [0.5, 0.6) is 0 Å². The number of hydrogen-bond donors (Lipinski definition) is 1. The molecule has 0 bridgehead atoms. The Balaban J connectivity index is 2.98. The van der Waals surface area contributed by atoms with E-state index in [0.717, 1.165) is 29.3 Å². The Bertz CT molecular complexity index is 340. The number of nitrogens with zero attached hydrogens (tertiary/aromatic N) is 2. The van der Waals surface area contributed by atoms with E-state index in [2.05, 4.69) is 18.9 Å². The van der Waals surface area contributed by atoms with Crippen LogP contribution in [0.1, 0.15) is 31.5 Å². The number of aromatic nitrogens is 2. The molecule has 2 N–H and O–H groups in total. The van der Waals surface area contributed by atoms with Gasteiger partial charge in [-0.2, -0.15) is 5.10 Å². The minimum Gasteiger partial charge on any atom is -0.330 e. The van der Waals surface area contributed by atoms with Gasteiger partial charge in [-0.3, -0.25) is 4.68 Å². The molecule has 1 unspecified atom stereocenters. The van der Waals surface area contributed by atoms with Crippen LogP contribution in [0.3, 0.4) is 0 Å². The minimum absolute atomic E-state index is 0.122. The number of rotatable bonds is 4. The van der Waals surface area contributed by atoms with Crippen LogP contribution >= 0.6 is 11.6 Å². The summed E-state index contributed by atoms with van der Waals surface area (Å²) in [6, 6.07) is 0. The molecule has 15 heavy (non-hydrogen) atoms. The fourth-order valence-electron chi connectivity index (χ4n) is 1.64. The van der Waals surface area contributed by atoms with Gasteiger partial charge < -0.3 is 5.73 Å². The summed E-state index contributed by atoms with van der Waals surface area (Å²) < 4.78 is 1.72. The van der Waals surface area contributed by atoms with Crippen molar-refractivity contribution in [3.8, 4) is 0 Å². The monoisotopic (exact) mass is 229 g/mol. The Hall–Kier alpha value is -0.540. The van der Waals surface area contributed by atoms with Gasteiger partial charge in [-0.25, -0.2) is 0 Å². The predicted molar refractivity (Wildman–Crippen MR) is 64.1 cm³/mol. The van der Waals surface area contributed by atoms with E-state index in [1.807, 2.05) is 14.0 Å². The summed E-state index contributed by atoms with van der Waals surface area (Å²) in [5.74, 6) is 0. The Morgan fingerprint density at radius 3 is 2.47 bits per heavy atom. The van der Waals surface area contributed by atoms with Gasteiger partial charge in [0.2, 0.25) is 0 Å². The van der Waals surface area contributed by atoms with E-state index >= 15 is 0 Å². The van der Waals surface area contributed by atoms with Gasteiger partial charge in [0.25, 0.3) is 0 Å². The molecule has 1 aromatic rings. The Labute approximate surface area is 96.6 Å². The van der Waals surface area contributed by atoms with E-state index in [-0.39, 0.29) is 5.41 Å². The normalized spacial score (nSPS) is 15.3. The highest BCUT2D eigenvalue weighted by molar-refractivity contribution is 6.30. The van der Waals surface area contributed by atoms with Crippen LogP contribution < -0.4 is 5.73 Å². The molecule has 0 saturated carbocycles. The molecule has 0 aromatic carbocycles. The smallest absolute Gasteiger partial charge is 0.130 e. The van der Waals surface area contributed by atoms with Gasteiger partial charge in [0.05, 0.1) is 5.69 Å². The average Bonchev–Trinajstić information content (AvgIpc) is 2.45. The maximum absolute atomic E-state index is 6.19. The van der Waals surface area contributed by atoms with E-state index < -0.39 is 0 Å². The highest BCUT2D eigenvalue weighted by Crippen LogP contribution is 2.30. The second-order valence-corrected chi connectivity index (χ2v) is 4.88. The third-order valence-electron chi connectivity index (χ3n) is 3.22. The molecule has 1 rings (SSSR count). The molecule has 86 valence electrons. The van der Waals surface area contributed by atoms with Crippen molar-refractivity contribution in [1.29, 1.82) is 0 Å². The van der Waals surface area contributed by atoms with Crippen LogP contribution in [0.4, 0.5) is 0 Å². The molecule has 1 aromatic heterocycles. The summed E-state index contributed by atoms with van der Waals surface area (Å²) in [6.07, 6.45) is 1.95. The van der Waals surface area contributed by atoms with E-state index in [1.54, 1.807) is 4.68 Å². The molecule has 0 amide bonds. The second-order valence-electron chi connectivity index (χ2n) is 4.52. The van der Waals surface area contributed by atoms with Crippen molar-refractivity contribution in [2.24, 2.45) is 18.2 Å². The Morgan fingerprint density at radius 1 is 1.53 bits per heavy atom. The lowest BCUT2D eigenvalue weighted by molar-refractivity contribution is 0.320. The van der Waals surface area contributed by atoms with Crippen LogP contribution in [-0.2, 0) is 13.5 Å². The molecule has 4 heteroatoms. The topological polar surface area (TPSA) is 43.8 Å². The zero-order valence-corrected chi connectivity index (χ0v) is 10.7. The largest absolute Gasteiger partial charge is 0.330 e. The van der Waals surface area contributed by atoms with E-state index in [4.69, 9.17) is 17.3 Å². The summed E-state index contributed by atoms with van der Waals surface area (Å²) in [5.41, 5.74) is 8.07. The molecule has 3 nitrogen and oxygen atoms in total. The molecule has 0 aliphatic heterocycles. The van der Waals surface area contributed by atoms with Gasteiger partial charge in [0, 0.05) is 12.6 Å². The van der Waals surface area contributed by atoms with Gasteiger partial charge in [0.1, 0.15) is 5.15 Å². The third-order valence-corrected chi connectivity index (χ3v) is 3.69. The molecular formula is C11H20ClN3. The fourth-order valence-corrected chi connectivity index (χ4v) is 1.88. The van der Waals surface area contributed by atoms with Crippen molar-refractivity contribution in [1.82, 2.24) is 9.78 Å². The zero-order chi connectivity index (χ0) is 11.6. The first-order valence-corrected chi connectivity index (χ1v) is 5.69. The summed E-state index contributed by atoms with van der Waals surface area (Å²) in [7, 11) is 1.87. The van der Waals surface area contributed by atoms with Crippen LogP contribution in [0, 0.1) is 12.3 Å². The van der Waals surface area contributed by atoms with Gasteiger partial charge >= 0.3 is 0 Å². The van der Waals surface area contributed by atoms with E-state index in [0.29, 0.717) is 6.54 Å². The maximum Gasteiger partial charge on any atom is 0.130 e. The SMILES string of the molecule is CCC(C)(CN)Cc1c(C)nn(C)c1Cl. The molecular weight excluding hydrogens is 210 g/mol. The van der Waals surface area contributed by atoms with Crippen molar-refractivity contribution in [3.05, 3.63) is 16.4 Å². The molecule has 0 aliphatic rings. The maximum atomic E-state index is 6.19. The van der Waals surface area contributed by atoms with Crippen LogP contribution in [0.15, 0.2) is 0 Å². The highest BCUT2D eigenvalue weighted by atomic mass is 35.5. The summed E-state index contributed by atoms with van der Waals surface area (Å²) in [4.78, 5) is 0. The Morgan fingerprint density at radius 2 is 2.13 bits per heavy atom. The summed E-state index contributed by atoms with van der Waals surface area (Å²) in [6.45, 7) is 7.02. The van der Waals surface area contributed by atoms with Crippen LogP contribution in [0.2, 0.25) is 5.15 Å². The van der Waals surface area contributed by atoms with Crippen LogP contribution in [0.25, 0.3) is 0 Å². The Kier molecular flexibility index (Phi) is 3.79. The quantitative estimate of drug-likeness (QED) is 0.861. The van der Waals surface area contributed by atoms with E-state index in [9.17, 15) is 0 Å². The molecule has 1 heterocycles. The summed E-state index contributed by atoms with van der Waals surface area (Å²) in [5, 5.41) is 5.04. The first-order chi connectivity index (χ1) is 6.93. The van der Waals surface area contributed by atoms with Gasteiger partial charge in [-0.1, -0.05) is 25.4 Å². The molecule has 0 saturated heterocycles. The van der Waals surface area contributed by atoms with Gasteiger partial charge in [0.15, 0.2) is 0 Å². The van der Waals surface area contributed by atoms with Gasteiger partial charge in [-0.15, -0.1) is 0 Å². The average molecular weight is 230 g/mol. The number of hydrogen-bond acceptors (Lipinski definition) is 2. The number of nitrogens with two attached hydrogens (primary N) is 1. The van der Waals surface area contributed by atoms with Crippen molar-refractivity contribution >= 4 is 11.6 Å². The van der Waals surface area contributed by atoms with Crippen molar-refractivity contribution in [2.75, 3.05) is 6.54 Å². The van der Waals surface area contributed by atoms with Crippen molar-refractivity contribution in [2.45, 2.75) is 33.6 Å². The van der Waals surface area contributed by atoms with Crippen molar-refractivity contribution < 1.29 is 0 Å². The number of halogens is 1. The molecule has 1 atom stereocenters. The standard InChI is InChI=1S/C11H20ClN3/c1-5-11(3,7-13)6-9-8(2)14-15(4)10(9)12/h5-7,13H2,1-4H3. The summed E-state index contributed by atoms with van der Waals surface area (Å²) >= 11 is 6.19. The van der Waals surface area contributed by atoms with Crippen molar-refractivity contribution in [3.63, 3.8) is 0 Å². The lowest BCUT2D eigenvalue weighted by Gasteiger charge is -2.26. The lowest BCUT2D eigenvalue weighted by Crippen LogP contribution is -2.29. The zero-order valence-electron chi connectivity index (χ0n) is 9.97. The molecule has 0 aliphatic carbocycles. The predicted octanol–water partition coefficient (Wildman–Crippen LogP) is 2.30. The third kappa shape index (κ3) is 2.52. The van der Waals surface area contributed by atoms with Gasteiger partial charge in [-0.05, 0) is 31.7 Å². The highest BCUT2D eigenvalue weighted by Gasteiger charge is 2.24. The fraction of sp³-hybridized carbons (Fsp3) is 0.727. The first-order valence-electron chi connectivity index (χ1n) is 5.31. The molecule has 0 radical (unpaired) electrons. The van der Waals surface area contributed by atoms with Crippen LogP contribution in [-0.4, -0.2) is 16.3 Å². The van der Waals surface area contributed by atoms with E-state index in [1.165, 1.54) is 0 Å².